The van der Waals surface area contributed by atoms with E-state index in [9.17, 15) is 9.59 Å². The molecule has 5 nitrogen and oxygen atoms in total. The van der Waals surface area contributed by atoms with Crippen LogP contribution in [-0.2, 0) is 17.7 Å². The summed E-state index contributed by atoms with van der Waals surface area (Å²) in [4.78, 5) is 31.0. The molecule has 0 spiro atoms. The maximum Gasteiger partial charge on any atom is 0.357 e. The molecule has 1 fully saturated rings. The third-order valence-electron chi connectivity index (χ3n) is 4.61. The molecule has 6 heteroatoms. The van der Waals surface area contributed by atoms with Gasteiger partial charge in [-0.1, -0.05) is 25.5 Å². The predicted molar refractivity (Wildman–Crippen MR) is 106 cm³/mol. The molecule has 27 heavy (non-hydrogen) atoms. The molecule has 1 amide bonds. The van der Waals surface area contributed by atoms with Gasteiger partial charge in [-0.25, -0.2) is 9.78 Å². The van der Waals surface area contributed by atoms with Gasteiger partial charge in [0, 0.05) is 17.0 Å². The molecule has 1 aromatic heterocycles. The van der Waals surface area contributed by atoms with Crippen molar-refractivity contribution in [1.29, 1.82) is 0 Å². The van der Waals surface area contributed by atoms with E-state index in [2.05, 4.69) is 24.0 Å². The Morgan fingerprint density at radius 1 is 1.22 bits per heavy atom. The Kier molecular flexibility index (Phi) is 6.61. The van der Waals surface area contributed by atoms with Crippen molar-refractivity contribution < 1.29 is 14.3 Å². The van der Waals surface area contributed by atoms with E-state index >= 15 is 0 Å². The summed E-state index contributed by atoms with van der Waals surface area (Å²) < 4.78 is 4.99. The largest absolute Gasteiger partial charge is 0.461 e. The summed E-state index contributed by atoms with van der Waals surface area (Å²) in [6.45, 7) is 4.71. The SMILES string of the molecule is CCCCc1ccc(C(=O)N(Cc2nc(C(=O)OCC)cs2)C2CC2)cc1. The Morgan fingerprint density at radius 2 is 1.96 bits per heavy atom. The highest BCUT2D eigenvalue weighted by Gasteiger charge is 2.33. The number of benzene rings is 1. The Labute approximate surface area is 164 Å². The Hall–Kier alpha value is -2.21. The topological polar surface area (TPSA) is 59.5 Å². The number of ether oxygens (including phenoxy) is 1. The Morgan fingerprint density at radius 3 is 2.59 bits per heavy atom. The van der Waals surface area contributed by atoms with E-state index in [1.165, 1.54) is 16.9 Å². The second-order valence-corrected chi connectivity index (χ2v) is 7.75. The zero-order valence-corrected chi connectivity index (χ0v) is 16.8. The molecule has 0 aliphatic heterocycles. The molecule has 1 aromatic carbocycles. The average molecular weight is 387 g/mol. The zero-order chi connectivity index (χ0) is 19.2. The Bertz CT molecular complexity index is 781. The van der Waals surface area contributed by atoms with E-state index in [4.69, 9.17) is 4.74 Å². The summed E-state index contributed by atoms with van der Waals surface area (Å²) in [7, 11) is 0. The zero-order valence-electron chi connectivity index (χ0n) is 15.9. The fourth-order valence-electron chi connectivity index (χ4n) is 2.94. The molecular formula is C21H26N2O3S. The highest BCUT2D eigenvalue weighted by Crippen LogP contribution is 2.30. The van der Waals surface area contributed by atoms with Crippen LogP contribution in [0.5, 0.6) is 0 Å². The summed E-state index contributed by atoms with van der Waals surface area (Å²) in [6.07, 6.45) is 5.42. The van der Waals surface area contributed by atoms with E-state index in [0.29, 0.717) is 24.4 Å². The van der Waals surface area contributed by atoms with Gasteiger partial charge >= 0.3 is 5.97 Å². The molecule has 1 saturated carbocycles. The van der Waals surface area contributed by atoms with Gasteiger partial charge in [-0.15, -0.1) is 11.3 Å². The molecule has 3 rings (SSSR count). The van der Waals surface area contributed by atoms with Crippen LogP contribution in [0.3, 0.4) is 0 Å². The first kappa shape index (κ1) is 19.5. The lowest BCUT2D eigenvalue weighted by Crippen LogP contribution is -2.32. The van der Waals surface area contributed by atoms with Crippen LogP contribution >= 0.6 is 11.3 Å². The molecule has 1 aliphatic rings. The average Bonchev–Trinajstić information content (AvgIpc) is 3.42. The van der Waals surface area contributed by atoms with Gasteiger partial charge in [0.2, 0.25) is 0 Å². The fraction of sp³-hybridized carbons (Fsp3) is 0.476. The highest BCUT2D eigenvalue weighted by atomic mass is 32.1. The number of carbonyl (C=O) groups excluding carboxylic acids is 2. The number of aromatic nitrogens is 1. The number of hydrogen-bond donors (Lipinski definition) is 0. The highest BCUT2D eigenvalue weighted by molar-refractivity contribution is 7.09. The van der Waals surface area contributed by atoms with Gasteiger partial charge in [-0.05, 0) is 50.3 Å². The smallest absolute Gasteiger partial charge is 0.357 e. The summed E-state index contributed by atoms with van der Waals surface area (Å²) in [5.74, 6) is -0.376. The first-order valence-corrected chi connectivity index (χ1v) is 10.5. The van der Waals surface area contributed by atoms with Crippen LogP contribution < -0.4 is 0 Å². The number of amides is 1. The second-order valence-electron chi connectivity index (χ2n) is 6.81. The lowest BCUT2D eigenvalue weighted by Gasteiger charge is -2.21. The van der Waals surface area contributed by atoms with Crippen LogP contribution in [0, 0.1) is 0 Å². The number of rotatable bonds is 9. The number of esters is 1. The summed E-state index contributed by atoms with van der Waals surface area (Å²) in [6, 6.07) is 8.22. The Balaban J connectivity index is 1.68. The van der Waals surface area contributed by atoms with Crippen LogP contribution in [0.4, 0.5) is 0 Å². The first-order valence-electron chi connectivity index (χ1n) is 9.63. The third kappa shape index (κ3) is 5.16. The number of hydrogen-bond acceptors (Lipinski definition) is 5. The number of aryl methyl sites for hydroxylation is 1. The minimum absolute atomic E-state index is 0.0347. The molecule has 0 N–H and O–H groups in total. The third-order valence-corrected chi connectivity index (χ3v) is 5.44. The van der Waals surface area contributed by atoms with Crippen LogP contribution in [0.25, 0.3) is 0 Å². The van der Waals surface area contributed by atoms with Gasteiger partial charge < -0.3 is 9.64 Å². The molecule has 2 aromatic rings. The maximum atomic E-state index is 13.0. The number of unbranched alkanes of at least 4 members (excludes halogenated alkanes) is 1. The number of thiazole rings is 1. The number of carbonyl (C=O) groups is 2. The molecule has 0 bridgehead atoms. The van der Waals surface area contributed by atoms with E-state index in [1.54, 1.807) is 12.3 Å². The van der Waals surface area contributed by atoms with Crippen molar-refractivity contribution in [2.45, 2.75) is 58.5 Å². The minimum Gasteiger partial charge on any atom is -0.461 e. The maximum absolute atomic E-state index is 13.0. The van der Waals surface area contributed by atoms with E-state index in [-0.39, 0.29) is 11.9 Å². The van der Waals surface area contributed by atoms with Crippen molar-refractivity contribution in [1.82, 2.24) is 9.88 Å². The molecule has 0 radical (unpaired) electrons. The minimum atomic E-state index is -0.410. The lowest BCUT2D eigenvalue weighted by atomic mass is 10.1. The predicted octanol–water partition coefficient (Wildman–Crippen LogP) is 4.47. The van der Waals surface area contributed by atoms with Crippen molar-refractivity contribution in [3.05, 3.63) is 51.5 Å². The number of nitrogens with zero attached hydrogens (tertiary/aromatic N) is 2. The van der Waals surface area contributed by atoms with Crippen LogP contribution in [0.1, 0.15) is 70.9 Å². The van der Waals surface area contributed by atoms with Gasteiger partial charge in [-0.3, -0.25) is 4.79 Å². The van der Waals surface area contributed by atoms with Gasteiger partial charge in [0.25, 0.3) is 5.91 Å². The van der Waals surface area contributed by atoms with E-state index in [0.717, 1.165) is 37.1 Å². The molecule has 1 aliphatic carbocycles. The fourth-order valence-corrected chi connectivity index (χ4v) is 3.70. The van der Waals surface area contributed by atoms with Gasteiger partial charge in [0.1, 0.15) is 5.01 Å². The summed E-state index contributed by atoms with van der Waals surface area (Å²) in [5, 5.41) is 2.46. The quantitative estimate of drug-likeness (QED) is 0.597. The van der Waals surface area contributed by atoms with Gasteiger partial charge in [0.15, 0.2) is 5.69 Å². The van der Waals surface area contributed by atoms with Gasteiger partial charge in [-0.2, -0.15) is 0 Å². The molecule has 1 heterocycles. The van der Waals surface area contributed by atoms with E-state index < -0.39 is 5.97 Å². The van der Waals surface area contributed by atoms with Crippen molar-refractivity contribution in [3.63, 3.8) is 0 Å². The van der Waals surface area contributed by atoms with Crippen molar-refractivity contribution >= 4 is 23.2 Å². The normalized spacial score (nSPS) is 13.4. The molecule has 0 atom stereocenters. The molecule has 0 unspecified atom stereocenters. The van der Waals surface area contributed by atoms with E-state index in [1.807, 2.05) is 17.0 Å². The molecule has 0 saturated heterocycles. The molecule has 144 valence electrons. The summed E-state index contributed by atoms with van der Waals surface area (Å²) in [5.41, 5.74) is 2.30. The standard InChI is InChI=1S/C21H26N2O3S/c1-3-5-6-15-7-9-16(10-8-15)20(24)23(17-11-12-17)13-19-22-18(14-27-19)21(25)26-4-2/h7-10,14,17H,3-6,11-13H2,1-2H3. The van der Waals surface area contributed by atoms with Crippen molar-refractivity contribution in [2.24, 2.45) is 0 Å². The van der Waals surface area contributed by atoms with Crippen LogP contribution in [0.15, 0.2) is 29.6 Å². The monoisotopic (exact) mass is 386 g/mol. The van der Waals surface area contributed by atoms with Crippen LogP contribution in [0.2, 0.25) is 0 Å². The molecular weight excluding hydrogens is 360 g/mol. The van der Waals surface area contributed by atoms with Crippen molar-refractivity contribution in [3.8, 4) is 0 Å². The van der Waals surface area contributed by atoms with Crippen LogP contribution in [-0.4, -0.2) is 34.4 Å². The lowest BCUT2D eigenvalue weighted by molar-refractivity contribution is 0.0520. The van der Waals surface area contributed by atoms with Gasteiger partial charge in [0.05, 0.1) is 13.2 Å². The summed E-state index contributed by atoms with van der Waals surface area (Å²) >= 11 is 1.40. The second kappa shape index (κ2) is 9.13. The first-order chi connectivity index (χ1) is 13.1. The van der Waals surface area contributed by atoms with Crippen molar-refractivity contribution in [2.75, 3.05) is 6.61 Å².